The smallest absolute Gasteiger partial charge is 0.242 e. The van der Waals surface area contributed by atoms with Crippen molar-refractivity contribution >= 4 is 45.6 Å². The number of anilines is 1. The monoisotopic (exact) mass is 383 g/mol. The van der Waals surface area contributed by atoms with E-state index in [1.807, 2.05) is 37.3 Å². The van der Waals surface area contributed by atoms with E-state index >= 15 is 0 Å². The summed E-state index contributed by atoms with van der Waals surface area (Å²) in [6.07, 6.45) is 0. The first-order chi connectivity index (χ1) is 11.4. The first-order valence-corrected chi connectivity index (χ1v) is 9.75. The summed E-state index contributed by atoms with van der Waals surface area (Å²) >= 11 is 12.0. The first-order valence-electron chi connectivity index (χ1n) is 7.61. The minimum Gasteiger partial charge on any atom is -0.312 e. The molecule has 0 aliphatic carbocycles. The molecule has 2 aromatic carbocycles. The van der Waals surface area contributed by atoms with Gasteiger partial charge in [-0.05, 0) is 43.7 Å². The molecule has 0 bridgehead atoms. The third-order valence-electron chi connectivity index (χ3n) is 3.71. The molecule has 128 valence electrons. The highest BCUT2D eigenvalue weighted by Crippen LogP contribution is 2.23. The van der Waals surface area contributed by atoms with E-state index in [1.165, 1.54) is 0 Å². The van der Waals surface area contributed by atoms with E-state index in [0.29, 0.717) is 16.6 Å². The summed E-state index contributed by atoms with van der Waals surface area (Å²) in [6.45, 7) is 4.11. The third kappa shape index (κ3) is 4.59. The van der Waals surface area contributed by atoms with Crippen LogP contribution in [0.4, 0.5) is 5.69 Å². The van der Waals surface area contributed by atoms with Crippen LogP contribution in [0.25, 0.3) is 0 Å². The number of rotatable bonds is 6. The van der Waals surface area contributed by atoms with Gasteiger partial charge in [0.1, 0.15) is 5.25 Å². The van der Waals surface area contributed by atoms with Gasteiger partial charge in [0.05, 0.1) is 5.75 Å². The summed E-state index contributed by atoms with van der Waals surface area (Å²) in [5.74, 6) is 0.0574. The van der Waals surface area contributed by atoms with Crippen LogP contribution in [-0.2, 0) is 21.3 Å². The van der Waals surface area contributed by atoms with Gasteiger partial charge in [-0.15, -0.1) is 0 Å². The van der Waals surface area contributed by atoms with Crippen molar-refractivity contribution in [2.45, 2.75) is 24.9 Å². The molecule has 0 aliphatic rings. The maximum absolute atomic E-state index is 12.7. The summed E-state index contributed by atoms with van der Waals surface area (Å²) in [7, 11) is -1.38. The van der Waals surface area contributed by atoms with Crippen LogP contribution >= 0.6 is 23.2 Å². The number of hydrogen-bond acceptors (Lipinski definition) is 2. The zero-order chi connectivity index (χ0) is 17.7. The molecular formula is C18H19Cl2NO2S. The molecule has 3 nitrogen and oxygen atoms in total. The van der Waals surface area contributed by atoms with Gasteiger partial charge in [-0.2, -0.15) is 0 Å². The first kappa shape index (κ1) is 19.0. The van der Waals surface area contributed by atoms with Crippen molar-refractivity contribution in [1.29, 1.82) is 0 Å². The van der Waals surface area contributed by atoms with Crippen LogP contribution in [0.2, 0.25) is 10.0 Å². The lowest BCUT2D eigenvalue weighted by Crippen LogP contribution is -2.40. The van der Waals surface area contributed by atoms with Crippen molar-refractivity contribution in [2.24, 2.45) is 0 Å². The van der Waals surface area contributed by atoms with Crippen molar-refractivity contribution < 1.29 is 9.00 Å². The number of carbonyl (C=O) groups is 1. The molecular weight excluding hydrogens is 365 g/mol. The highest BCUT2D eigenvalue weighted by atomic mass is 35.5. The average molecular weight is 384 g/mol. The van der Waals surface area contributed by atoms with E-state index in [2.05, 4.69) is 0 Å². The molecule has 0 saturated heterocycles. The Morgan fingerprint density at radius 3 is 2.42 bits per heavy atom. The number of carbonyl (C=O) groups excluding carboxylic acids is 1. The van der Waals surface area contributed by atoms with Gasteiger partial charge >= 0.3 is 0 Å². The van der Waals surface area contributed by atoms with E-state index in [-0.39, 0.29) is 11.7 Å². The van der Waals surface area contributed by atoms with Crippen LogP contribution in [0.5, 0.6) is 0 Å². The summed E-state index contributed by atoms with van der Waals surface area (Å²) in [5, 5.41) is 0.364. The van der Waals surface area contributed by atoms with Crippen molar-refractivity contribution in [1.82, 2.24) is 0 Å². The fourth-order valence-corrected chi connectivity index (χ4v) is 4.04. The molecule has 0 N–H and O–H groups in total. The van der Waals surface area contributed by atoms with Gasteiger partial charge in [0, 0.05) is 33.1 Å². The van der Waals surface area contributed by atoms with Gasteiger partial charge in [-0.25, -0.2) is 0 Å². The molecule has 0 spiro atoms. The van der Waals surface area contributed by atoms with Gasteiger partial charge in [0.15, 0.2) is 0 Å². The van der Waals surface area contributed by atoms with Crippen LogP contribution in [0.1, 0.15) is 19.4 Å². The minimum atomic E-state index is -1.38. The second kappa shape index (κ2) is 8.65. The molecule has 0 radical (unpaired) electrons. The van der Waals surface area contributed by atoms with Crippen LogP contribution in [-0.4, -0.2) is 21.9 Å². The molecule has 0 aliphatic heterocycles. The molecule has 0 unspecified atom stereocenters. The van der Waals surface area contributed by atoms with E-state index in [1.54, 1.807) is 30.0 Å². The molecule has 1 amide bonds. The van der Waals surface area contributed by atoms with E-state index in [0.717, 1.165) is 11.3 Å². The number of benzene rings is 2. The SMILES string of the molecule is CCN(C(=O)[C@@H](C)[S@@](=O)Cc1ccc(Cl)cc1Cl)c1ccccc1. The lowest BCUT2D eigenvalue weighted by molar-refractivity contribution is -0.117. The van der Waals surface area contributed by atoms with Crippen molar-refractivity contribution in [2.75, 3.05) is 11.4 Å². The van der Waals surface area contributed by atoms with E-state index < -0.39 is 16.0 Å². The Balaban J connectivity index is 2.12. The molecule has 2 aromatic rings. The Bertz CT molecular complexity index is 737. The van der Waals surface area contributed by atoms with Crippen LogP contribution in [0, 0.1) is 0 Å². The Morgan fingerprint density at radius 2 is 1.83 bits per heavy atom. The summed E-state index contributed by atoms with van der Waals surface area (Å²) in [5.41, 5.74) is 1.53. The summed E-state index contributed by atoms with van der Waals surface area (Å²) in [4.78, 5) is 14.4. The van der Waals surface area contributed by atoms with Gasteiger partial charge in [-0.1, -0.05) is 47.5 Å². The van der Waals surface area contributed by atoms with Gasteiger partial charge in [-0.3, -0.25) is 9.00 Å². The maximum Gasteiger partial charge on any atom is 0.242 e. The Kier molecular flexibility index (Phi) is 6.84. The Morgan fingerprint density at radius 1 is 1.17 bits per heavy atom. The van der Waals surface area contributed by atoms with E-state index in [4.69, 9.17) is 23.2 Å². The average Bonchev–Trinajstić information content (AvgIpc) is 2.58. The molecule has 6 heteroatoms. The van der Waals surface area contributed by atoms with Crippen LogP contribution in [0.15, 0.2) is 48.5 Å². The predicted octanol–water partition coefficient (Wildman–Crippen LogP) is 4.68. The normalized spacial score (nSPS) is 13.3. The Hall–Kier alpha value is -1.36. The molecule has 0 saturated carbocycles. The van der Waals surface area contributed by atoms with Gasteiger partial charge in [0.25, 0.3) is 0 Å². The number of nitrogens with zero attached hydrogens (tertiary/aromatic N) is 1. The largest absolute Gasteiger partial charge is 0.312 e. The molecule has 24 heavy (non-hydrogen) atoms. The zero-order valence-corrected chi connectivity index (χ0v) is 15.9. The van der Waals surface area contributed by atoms with Gasteiger partial charge in [0.2, 0.25) is 5.91 Å². The van der Waals surface area contributed by atoms with Crippen LogP contribution < -0.4 is 4.90 Å². The molecule has 2 rings (SSSR count). The second-order valence-corrected chi connectivity index (χ2v) is 7.92. The third-order valence-corrected chi connectivity index (χ3v) is 5.88. The zero-order valence-electron chi connectivity index (χ0n) is 13.5. The fraction of sp³-hybridized carbons (Fsp3) is 0.278. The Labute approximate surface area is 155 Å². The fourth-order valence-electron chi connectivity index (χ4n) is 2.32. The molecule has 0 fully saturated rings. The topological polar surface area (TPSA) is 37.4 Å². The van der Waals surface area contributed by atoms with Crippen molar-refractivity contribution in [3.63, 3.8) is 0 Å². The standard InChI is InChI=1S/C18H19Cl2NO2S/c1-3-21(16-7-5-4-6-8-16)18(22)13(2)24(23)12-14-9-10-15(19)11-17(14)20/h4-11,13H,3,12H2,1-2H3/t13-,24+/m1/s1. The van der Waals surface area contributed by atoms with Gasteiger partial charge < -0.3 is 4.90 Å². The lowest BCUT2D eigenvalue weighted by Gasteiger charge is -2.24. The molecule has 0 heterocycles. The quantitative estimate of drug-likeness (QED) is 0.725. The van der Waals surface area contributed by atoms with Crippen LogP contribution in [0.3, 0.4) is 0 Å². The number of hydrogen-bond donors (Lipinski definition) is 0. The highest BCUT2D eigenvalue weighted by molar-refractivity contribution is 7.85. The van der Waals surface area contributed by atoms with E-state index in [9.17, 15) is 9.00 Å². The highest BCUT2D eigenvalue weighted by Gasteiger charge is 2.26. The summed E-state index contributed by atoms with van der Waals surface area (Å²) < 4.78 is 12.6. The summed E-state index contributed by atoms with van der Waals surface area (Å²) in [6, 6.07) is 14.4. The number of halogens is 2. The number of para-hydroxylation sites is 1. The van der Waals surface area contributed by atoms with Crippen molar-refractivity contribution in [3.8, 4) is 0 Å². The molecule has 0 aromatic heterocycles. The second-order valence-electron chi connectivity index (χ2n) is 5.32. The number of amides is 1. The maximum atomic E-state index is 12.7. The van der Waals surface area contributed by atoms with Crippen molar-refractivity contribution in [3.05, 3.63) is 64.1 Å². The minimum absolute atomic E-state index is 0.160. The molecule has 2 atom stereocenters. The predicted molar refractivity (Wildman–Crippen MR) is 102 cm³/mol. The lowest BCUT2D eigenvalue weighted by atomic mass is 10.2.